The summed E-state index contributed by atoms with van der Waals surface area (Å²) in [5.41, 5.74) is 0.472. The first-order chi connectivity index (χ1) is 9.06. The Morgan fingerprint density at radius 2 is 1.74 bits per heavy atom. The topological polar surface area (TPSA) is 86.6 Å². The third-order valence-electron chi connectivity index (χ3n) is 4.88. The van der Waals surface area contributed by atoms with E-state index in [1.54, 1.807) is 0 Å². The van der Waals surface area contributed by atoms with Crippen molar-refractivity contribution in [2.45, 2.75) is 57.4 Å². The van der Waals surface area contributed by atoms with Crippen molar-refractivity contribution in [2.75, 3.05) is 6.61 Å². The zero-order valence-corrected chi connectivity index (χ0v) is 11.2. The maximum absolute atomic E-state index is 12.0. The molecule has 5 heteroatoms. The van der Waals surface area contributed by atoms with E-state index in [0.717, 1.165) is 25.7 Å². The lowest BCUT2D eigenvalue weighted by molar-refractivity contribution is -0.144. The number of nitrogens with one attached hydrogen (secondary N) is 1. The van der Waals surface area contributed by atoms with E-state index < -0.39 is 18.6 Å². The van der Waals surface area contributed by atoms with Crippen molar-refractivity contribution in [2.24, 2.45) is 11.3 Å². The Morgan fingerprint density at radius 3 is 2.21 bits per heavy atom. The minimum absolute atomic E-state index is 0.0837. The van der Waals surface area contributed by atoms with Crippen LogP contribution < -0.4 is 5.32 Å². The molecular weight excluding hydrogens is 246 g/mol. The molecule has 1 spiro atoms. The van der Waals surface area contributed by atoms with Gasteiger partial charge in [-0.05, 0) is 43.9 Å². The van der Waals surface area contributed by atoms with Gasteiger partial charge in [0.25, 0.3) is 0 Å². The van der Waals surface area contributed by atoms with Crippen LogP contribution in [0.15, 0.2) is 0 Å². The third-order valence-corrected chi connectivity index (χ3v) is 4.88. The second-order valence-electron chi connectivity index (χ2n) is 6.06. The summed E-state index contributed by atoms with van der Waals surface area (Å²) in [7, 11) is 0. The Morgan fingerprint density at radius 1 is 1.16 bits per heavy atom. The molecule has 1 amide bonds. The summed E-state index contributed by atoms with van der Waals surface area (Å²) in [5, 5.41) is 20.2. The first kappa shape index (κ1) is 14.3. The van der Waals surface area contributed by atoms with Gasteiger partial charge in [-0.3, -0.25) is 4.79 Å². The van der Waals surface area contributed by atoms with E-state index in [1.807, 2.05) is 0 Å². The summed E-state index contributed by atoms with van der Waals surface area (Å²) in [6.45, 7) is -0.558. The van der Waals surface area contributed by atoms with Gasteiger partial charge < -0.3 is 15.5 Å². The van der Waals surface area contributed by atoms with Crippen LogP contribution in [-0.2, 0) is 9.59 Å². The normalized spacial score (nSPS) is 24.3. The molecule has 0 aromatic carbocycles. The predicted octanol–water partition coefficient (Wildman–Crippen LogP) is 1.30. The standard InChI is InChI=1S/C14H23NO4/c16-9-11(13(18)19)15-12(17)10-3-7-14(8-4-10)5-1-2-6-14/h10-11,16H,1-9H2,(H,15,17)(H,18,19). The summed E-state index contributed by atoms with van der Waals surface area (Å²) in [4.78, 5) is 22.8. The van der Waals surface area contributed by atoms with Gasteiger partial charge in [0.1, 0.15) is 6.04 Å². The summed E-state index contributed by atoms with van der Waals surface area (Å²) in [6, 6.07) is -1.17. The zero-order valence-electron chi connectivity index (χ0n) is 11.2. The maximum Gasteiger partial charge on any atom is 0.328 e. The van der Waals surface area contributed by atoms with Crippen LogP contribution in [0.2, 0.25) is 0 Å². The molecule has 1 atom stereocenters. The number of amides is 1. The number of rotatable bonds is 4. The van der Waals surface area contributed by atoms with Crippen LogP contribution in [0.3, 0.4) is 0 Å². The second kappa shape index (κ2) is 5.90. The van der Waals surface area contributed by atoms with E-state index in [-0.39, 0.29) is 11.8 Å². The number of carboxylic acid groups (broad SMARTS) is 1. The Bertz CT molecular complexity index is 339. The molecule has 0 bridgehead atoms. The fraction of sp³-hybridized carbons (Fsp3) is 0.857. The summed E-state index contributed by atoms with van der Waals surface area (Å²) < 4.78 is 0. The molecule has 2 aliphatic carbocycles. The molecule has 0 radical (unpaired) electrons. The number of hydrogen-bond donors (Lipinski definition) is 3. The number of aliphatic hydroxyl groups is 1. The van der Waals surface area contributed by atoms with Crippen molar-refractivity contribution in [1.82, 2.24) is 5.32 Å². The molecule has 0 saturated heterocycles. The van der Waals surface area contributed by atoms with Crippen molar-refractivity contribution in [3.05, 3.63) is 0 Å². The van der Waals surface area contributed by atoms with Gasteiger partial charge in [-0.25, -0.2) is 4.79 Å². The van der Waals surface area contributed by atoms with Crippen molar-refractivity contribution < 1.29 is 19.8 Å². The van der Waals surface area contributed by atoms with E-state index in [9.17, 15) is 9.59 Å². The summed E-state index contributed by atoms with van der Waals surface area (Å²) in [5.74, 6) is -1.48. The van der Waals surface area contributed by atoms with Gasteiger partial charge in [0.2, 0.25) is 5.91 Å². The largest absolute Gasteiger partial charge is 0.480 e. The second-order valence-corrected chi connectivity index (χ2v) is 6.06. The molecule has 2 fully saturated rings. The van der Waals surface area contributed by atoms with Gasteiger partial charge in [-0.2, -0.15) is 0 Å². The van der Waals surface area contributed by atoms with Gasteiger partial charge in [0.05, 0.1) is 6.61 Å². The predicted molar refractivity (Wildman–Crippen MR) is 69.5 cm³/mol. The molecule has 1 unspecified atom stereocenters. The Kier molecular flexibility index (Phi) is 4.45. The lowest BCUT2D eigenvalue weighted by Crippen LogP contribution is -2.46. The molecular formula is C14H23NO4. The van der Waals surface area contributed by atoms with Gasteiger partial charge in [0, 0.05) is 5.92 Å². The number of hydrogen-bond acceptors (Lipinski definition) is 3. The monoisotopic (exact) mass is 269 g/mol. The third kappa shape index (κ3) is 3.26. The first-order valence-corrected chi connectivity index (χ1v) is 7.20. The number of carbonyl (C=O) groups is 2. The highest BCUT2D eigenvalue weighted by atomic mass is 16.4. The summed E-state index contributed by atoms with van der Waals surface area (Å²) in [6.07, 6.45) is 9.06. The van der Waals surface area contributed by atoms with Crippen LogP contribution in [-0.4, -0.2) is 34.7 Å². The van der Waals surface area contributed by atoms with E-state index in [4.69, 9.17) is 10.2 Å². The number of aliphatic carboxylic acids is 1. The first-order valence-electron chi connectivity index (χ1n) is 7.20. The number of aliphatic hydroxyl groups excluding tert-OH is 1. The van der Waals surface area contributed by atoms with Gasteiger partial charge >= 0.3 is 5.97 Å². The fourth-order valence-corrected chi connectivity index (χ4v) is 3.59. The Hall–Kier alpha value is -1.10. The zero-order chi connectivity index (χ0) is 13.9. The molecule has 0 heterocycles. The number of carbonyl (C=O) groups excluding carboxylic acids is 1. The molecule has 0 aromatic heterocycles. The Labute approximate surface area is 113 Å². The number of carboxylic acids is 1. The average molecular weight is 269 g/mol. The van der Waals surface area contributed by atoms with Crippen LogP contribution >= 0.6 is 0 Å². The van der Waals surface area contributed by atoms with Gasteiger partial charge in [-0.1, -0.05) is 12.8 Å². The van der Waals surface area contributed by atoms with Crippen LogP contribution in [0.4, 0.5) is 0 Å². The van der Waals surface area contributed by atoms with Crippen molar-refractivity contribution >= 4 is 11.9 Å². The Balaban J connectivity index is 1.83. The maximum atomic E-state index is 12.0. The highest BCUT2D eigenvalue weighted by Crippen LogP contribution is 2.50. The van der Waals surface area contributed by atoms with Crippen molar-refractivity contribution in [3.63, 3.8) is 0 Å². The molecule has 5 nitrogen and oxygen atoms in total. The van der Waals surface area contributed by atoms with Crippen LogP contribution in [0.5, 0.6) is 0 Å². The van der Waals surface area contributed by atoms with Crippen LogP contribution in [0.1, 0.15) is 51.4 Å². The van der Waals surface area contributed by atoms with Gasteiger partial charge in [-0.15, -0.1) is 0 Å². The molecule has 19 heavy (non-hydrogen) atoms. The molecule has 2 saturated carbocycles. The van der Waals surface area contributed by atoms with E-state index in [2.05, 4.69) is 5.32 Å². The van der Waals surface area contributed by atoms with Crippen molar-refractivity contribution in [3.8, 4) is 0 Å². The van der Waals surface area contributed by atoms with Crippen molar-refractivity contribution in [1.29, 1.82) is 0 Å². The summed E-state index contributed by atoms with van der Waals surface area (Å²) >= 11 is 0. The molecule has 2 aliphatic rings. The van der Waals surface area contributed by atoms with Crippen LogP contribution in [0.25, 0.3) is 0 Å². The van der Waals surface area contributed by atoms with E-state index in [1.165, 1.54) is 25.7 Å². The average Bonchev–Trinajstić information content (AvgIpc) is 2.84. The minimum atomic E-state index is -1.18. The molecule has 0 aliphatic heterocycles. The molecule has 2 rings (SSSR count). The highest BCUT2D eigenvalue weighted by Gasteiger charge is 2.39. The van der Waals surface area contributed by atoms with Crippen LogP contribution in [0, 0.1) is 11.3 Å². The molecule has 108 valence electrons. The minimum Gasteiger partial charge on any atom is -0.480 e. The quantitative estimate of drug-likeness (QED) is 0.718. The molecule has 3 N–H and O–H groups in total. The highest BCUT2D eigenvalue weighted by molar-refractivity contribution is 5.85. The molecule has 0 aromatic rings. The van der Waals surface area contributed by atoms with Gasteiger partial charge in [0.15, 0.2) is 0 Å². The van der Waals surface area contributed by atoms with E-state index >= 15 is 0 Å². The SMILES string of the molecule is O=C(NC(CO)C(=O)O)C1CCC2(CCCC2)CC1. The van der Waals surface area contributed by atoms with E-state index in [0.29, 0.717) is 5.41 Å². The fourth-order valence-electron chi connectivity index (χ4n) is 3.59. The lowest BCUT2D eigenvalue weighted by Gasteiger charge is -2.36. The smallest absolute Gasteiger partial charge is 0.328 e. The lowest BCUT2D eigenvalue weighted by atomic mass is 9.69.